The molecule has 0 bridgehead atoms. The first kappa shape index (κ1) is 64.2. The molecule has 1 aromatic carbocycles. The molecule has 0 radical (unpaired) electrons. The summed E-state index contributed by atoms with van der Waals surface area (Å²) in [6, 6.07) is -8.37. The molecule has 1 aromatic rings. The minimum absolute atomic E-state index is 0.157. The van der Waals surface area contributed by atoms with E-state index in [1.54, 1.807) is 0 Å². The number of benzene rings is 1. The van der Waals surface area contributed by atoms with E-state index >= 15 is 0 Å². The van der Waals surface area contributed by atoms with Gasteiger partial charge in [-0.25, -0.2) is 0 Å². The highest BCUT2D eigenvalue weighted by molar-refractivity contribution is 5.99. The van der Waals surface area contributed by atoms with Crippen molar-refractivity contribution >= 4 is 65.0 Å². The van der Waals surface area contributed by atoms with Crippen molar-refractivity contribution in [3.63, 3.8) is 0 Å². The van der Waals surface area contributed by atoms with Gasteiger partial charge in [-0.1, -0.05) is 89.7 Å². The number of carbonyl (C=O) groups excluding carboxylic acids is 11. The Hall–Kier alpha value is -6.93. The summed E-state index contributed by atoms with van der Waals surface area (Å²) in [5, 5.41) is 59.7. The van der Waals surface area contributed by atoms with Gasteiger partial charge in [0, 0.05) is 25.3 Å². The number of phenols is 1. The van der Waals surface area contributed by atoms with Gasteiger partial charge in [0.1, 0.15) is 48.0 Å². The minimum atomic E-state index is -1.95. The average molecular weight is 1060 g/mol. The molecule has 26 heteroatoms. The Kier molecular flexibility index (Phi) is 29.6. The molecule has 0 saturated carbocycles. The molecule has 9 atom stereocenters. The maximum Gasteiger partial charge on any atom is 0.305 e. The number of hydrogen-bond acceptors (Lipinski definition) is 16. The molecule has 0 spiro atoms. The average Bonchev–Trinajstić information content (AvgIpc) is 3.35. The number of esters is 1. The fourth-order valence-corrected chi connectivity index (χ4v) is 7.99. The number of primary amides is 2. The highest BCUT2D eigenvalue weighted by Crippen LogP contribution is 2.16. The maximum absolute atomic E-state index is 14.1. The molecule has 75 heavy (non-hydrogen) atoms. The van der Waals surface area contributed by atoms with Crippen LogP contribution in [0.5, 0.6) is 5.75 Å². The molecule has 26 nitrogen and oxygen atoms in total. The molecule has 5 unspecified atom stereocenters. The number of nitrogens with two attached hydrogens (primary N) is 2. The lowest BCUT2D eigenvalue weighted by molar-refractivity contribution is -0.142. The molecule has 1 aliphatic rings. The highest BCUT2D eigenvalue weighted by atomic mass is 16.5. The summed E-state index contributed by atoms with van der Waals surface area (Å²) in [7, 11) is 1.04. The molecule has 0 aliphatic carbocycles. The monoisotopic (exact) mass is 1060 g/mol. The minimum Gasteiger partial charge on any atom is -0.508 e. The number of unbranched alkanes of at least 4 members (excludes halogenated alkanes) is 10. The third-order valence-electron chi connectivity index (χ3n) is 12.2. The number of hydrogen-bond donors (Lipinski definition) is 14. The number of phenolic OH excluding ortho intramolecular Hbond substituents is 1. The van der Waals surface area contributed by atoms with Crippen LogP contribution in [-0.4, -0.2) is 160 Å². The number of methoxy groups -OCH3 is 1. The lowest BCUT2D eigenvalue weighted by atomic mass is 10.0. The summed E-state index contributed by atoms with van der Waals surface area (Å²) < 4.78 is 4.64. The Labute approximate surface area is 435 Å². The first-order valence-electron chi connectivity index (χ1n) is 25.4. The number of carbonyl (C=O) groups is 11. The molecule has 1 saturated heterocycles. The molecular formula is C49H78N10O16. The van der Waals surface area contributed by atoms with Crippen molar-refractivity contribution in [3.05, 3.63) is 29.8 Å². The van der Waals surface area contributed by atoms with Crippen molar-refractivity contribution in [2.75, 3.05) is 20.3 Å². The summed E-state index contributed by atoms with van der Waals surface area (Å²) >= 11 is 0. The summed E-state index contributed by atoms with van der Waals surface area (Å²) in [5.41, 5.74) is 11.2. The van der Waals surface area contributed by atoms with E-state index in [1.165, 1.54) is 43.5 Å². The smallest absolute Gasteiger partial charge is 0.305 e. The second-order valence-corrected chi connectivity index (χ2v) is 18.6. The van der Waals surface area contributed by atoms with Crippen molar-refractivity contribution in [3.8, 4) is 5.75 Å². The van der Waals surface area contributed by atoms with Gasteiger partial charge in [0.05, 0.1) is 39.3 Å². The fourth-order valence-electron chi connectivity index (χ4n) is 7.99. The zero-order chi connectivity index (χ0) is 56.0. The summed E-state index contributed by atoms with van der Waals surface area (Å²) in [4.78, 5) is 147. The van der Waals surface area contributed by atoms with Crippen molar-refractivity contribution in [2.45, 2.75) is 184 Å². The Morgan fingerprint density at radius 2 is 1.00 bits per heavy atom. The number of nitrogens with one attached hydrogen (secondary N) is 8. The molecule has 0 aromatic heterocycles. The number of aliphatic hydroxyl groups is 3. The zero-order valence-electron chi connectivity index (χ0n) is 43.0. The number of amides is 10. The summed E-state index contributed by atoms with van der Waals surface area (Å²) in [5.74, 6) is -12.4. The van der Waals surface area contributed by atoms with Crippen molar-refractivity contribution in [1.82, 2.24) is 42.5 Å². The molecule has 16 N–H and O–H groups in total. The first-order chi connectivity index (χ1) is 35.6. The van der Waals surface area contributed by atoms with E-state index in [2.05, 4.69) is 54.2 Å². The van der Waals surface area contributed by atoms with Crippen LogP contribution in [0.25, 0.3) is 0 Å². The predicted octanol–water partition coefficient (Wildman–Crippen LogP) is -3.01. The Bertz CT molecular complexity index is 2080. The lowest BCUT2D eigenvalue weighted by Crippen LogP contribution is -2.62. The molecular weight excluding hydrogens is 985 g/mol. The molecule has 420 valence electrons. The van der Waals surface area contributed by atoms with Crippen molar-refractivity contribution in [1.29, 1.82) is 0 Å². The van der Waals surface area contributed by atoms with E-state index in [9.17, 15) is 73.2 Å². The van der Waals surface area contributed by atoms with Crippen LogP contribution in [0.3, 0.4) is 0 Å². The van der Waals surface area contributed by atoms with Crippen LogP contribution in [0.4, 0.5) is 0 Å². The van der Waals surface area contributed by atoms with Gasteiger partial charge in [-0.15, -0.1) is 0 Å². The van der Waals surface area contributed by atoms with Gasteiger partial charge >= 0.3 is 5.97 Å². The number of aromatic hydroxyl groups is 1. The van der Waals surface area contributed by atoms with E-state index in [0.717, 1.165) is 52.6 Å². The SMILES string of the molecule is CCCCCCCCCCCCCC1CC(=O)NC(CC(N)=O)C(=O)N[C@H](Cc2ccc(O)cc2)C(=O)NC(CC(N)=O)C(=O)NC(CO)C(=O)N[C@@H](CCC(=O)OC)C(=O)NC(CO)C(=O)N[C@@H]([C@@H](C)O)C(=O)N1. The second kappa shape index (κ2) is 34.5. The molecule has 1 aliphatic heterocycles. The van der Waals surface area contributed by atoms with Crippen LogP contribution < -0.4 is 54.0 Å². The Balaban J connectivity index is 2.68. The summed E-state index contributed by atoms with van der Waals surface area (Å²) in [6.07, 6.45) is 5.80. The largest absolute Gasteiger partial charge is 0.508 e. The van der Waals surface area contributed by atoms with Crippen molar-refractivity contribution < 1.29 is 77.9 Å². The third-order valence-corrected chi connectivity index (χ3v) is 12.2. The van der Waals surface area contributed by atoms with Gasteiger partial charge in [-0.2, -0.15) is 0 Å². The Morgan fingerprint density at radius 3 is 1.49 bits per heavy atom. The van der Waals surface area contributed by atoms with Crippen LogP contribution in [-0.2, 0) is 63.9 Å². The zero-order valence-corrected chi connectivity index (χ0v) is 43.0. The van der Waals surface area contributed by atoms with Gasteiger partial charge in [-0.05, 0) is 37.5 Å². The van der Waals surface area contributed by atoms with E-state index in [1.807, 2.05) is 0 Å². The molecule has 1 fully saturated rings. The van der Waals surface area contributed by atoms with Crippen molar-refractivity contribution in [2.24, 2.45) is 11.5 Å². The van der Waals surface area contributed by atoms with E-state index < -0.39 is 165 Å². The van der Waals surface area contributed by atoms with Crippen LogP contribution in [0, 0.1) is 0 Å². The topological polar surface area (TPSA) is 426 Å². The van der Waals surface area contributed by atoms with E-state index in [0.29, 0.717) is 18.4 Å². The molecule has 1 heterocycles. The van der Waals surface area contributed by atoms with Crippen LogP contribution in [0.15, 0.2) is 24.3 Å². The third kappa shape index (κ3) is 24.8. The van der Waals surface area contributed by atoms with Crippen LogP contribution >= 0.6 is 0 Å². The molecule has 2 rings (SSSR count). The molecule has 10 amide bonds. The second-order valence-electron chi connectivity index (χ2n) is 18.6. The number of aliphatic hydroxyl groups excluding tert-OH is 3. The predicted molar refractivity (Wildman–Crippen MR) is 268 cm³/mol. The maximum atomic E-state index is 14.1. The highest BCUT2D eigenvalue weighted by Gasteiger charge is 2.36. The fraction of sp³-hybridized carbons (Fsp3) is 0.653. The normalized spacial score (nSPS) is 23.5. The first-order valence-corrected chi connectivity index (χ1v) is 25.4. The van der Waals surface area contributed by atoms with Gasteiger partial charge in [0.2, 0.25) is 59.1 Å². The van der Waals surface area contributed by atoms with Gasteiger partial charge in [-0.3, -0.25) is 52.7 Å². The van der Waals surface area contributed by atoms with E-state index in [4.69, 9.17) is 11.5 Å². The number of ether oxygens (including phenoxy) is 1. The quantitative estimate of drug-likeness (QED) is 0.0362. The standard InChI is InChI=1S/C49H78N10O16/c1-4-5-6-7-8-9-10-11-12-13-14-15-30-23-40(66)53-34(24-38(50)64)45(70)55-33(22-29-16-18-31(63)19-17-29)44(69)56-35(25-39(51)65)46(71)58-36(26-60)47(72)54-32(20-21-41(67)75-3)43(68)57-37(27-61)48(73)59-42(28(2)62)49(74)52-30/h16-19,28,30,32-37,42,60-63H,4-15,20-27H2,1-3H3,(H2,50,64)(H2,51,65)(H,52,74)(H,53,66)(H,54,72)(H,55,70)(H,56,69)(H,57,68)(H,58,71)(H,59,73)/t28-,30?,32+,33-,34?,35?,36?,37?,42+/m1/s1. The Morgan fingerprint density at radius 1 is 0.573 bits per heavy atom. The van der Waals surface area contributed by atoms with E-state index in [-0.39, 0.29) is 18.6 Å². The summed E-state index contributed by atoms with van der Waals surface area (Å²) in [6.45, 7) is 1.03. The van der Waals surface area contributed by atoms with Crippen LogP contribution in [0.2, 0.25) is 0 Å². The van der Waals surface area contributed by atoms with Gasteiger partial charge < -0.3 is 79.2 Å². The number of rotatable bonds is 24. The van der Waals surface area contributed by atoms with Gasteiger partial charge in [0.15, 0.2) is 0 Å². The van der Waals surface area contributed by atoms with Crippen LogP contribution in [0.1, 0.15) is 129 Å². The van der Waals surface area contributed by atoms with Gasteiger partial charge in [0.25, 0.3) is 0 Å². The lowest BCUT2D eigenvalue weighted by Gasteiger charge is -2.28.